The van der Waals surface area contributed by atoms with Crippen LogP contribution in [-0.4, -0.2) is 11.9 Å². The van der Waals surface area contributed by atoms with Gasteiger partial charge in [-0.05, 0) is 36.2 Å². The molecule has 0 saturated heterocycles. The number of hydrogen-bond acceptors (Lipinski definition) is 1. The first-order chi connectivity index (χ1) is 8.24. The van der Waals surface area contributed by atoms with E-state index in [-0.39, 0.29) is 0 Å². The lowest BCUT2D eigenvalue weighted by atomic mass is 9.95. The standard InChI is InChI=1S/C15H21BrO/c1-13(9-15(12-16)7-8-15)10-17-11-14-5-3-2-4-6-14/h2-6,13H,7-12H2,1H3. The van der Waals surface area contributed by atoms with Gasteiger partial charge in [0.2, 0.25) is 0 Å². The molecule has 2 rings (SSSR count). The van der Waals surface area contributed by atoms with Gasteiger partial charge in [-0.1, -0.05) is 53.2 Å². The van der Waals surface area contributed by atoms with Crippen LogP contribution < -0.4 is 0 Å². The number of alkyl halides is 1. The van der Waals surface area contributed by atoms with E-state index in [1.165, 1.54) is 24.8 Å². The van der Waals surface area contributed by atoms with Crippen molar-refractivity contribution in [3.63, 3.8) is 0 Å². The maximum absolute atomic E-state index is 5.78. The molecule has 0 amide bonds. The lowest BCUT2D eigenvalue weighted by Crippen LogP contribution is -2.13. The van der Waals surface area contributed by atoms with Crippen molar-refractivity contribution in [1.29, 1.82) is 0 Å². The van der Waals surface area contributed by atoms with E-state index in [9.17, 15) is 0 Å². The fourth-order valence-corrected chi connectivity index (χ4v) is 3.11. The SMILES string of the molecule is CC(COCc1ccccc1)CC1(CBr)CC1. The quantitative estimate of drug-likeness (QED) is 0.678. The van der Waals surface area contributed by atoms with Crippen LogP contribution in [0.3, 0.4) is 0 Å². The smallest absolute Gasteiger partial charge is 0.0717 e. The summed E-state index contributed by atoms with van der Waals surface area (Å²) in [7, 11) is 0. The zero-order chi connectivity index (χ0) is 12.1. The Balaban J connectivity index is 1.65. The van der Waals surface area contributed by atoms with Crippen molar-refractivity contribution in [2.24, 2.45) is 11.3 Å². The van der Waals surface area contributed by atoms with Crippen molar-refractivity contribution in [3.8, 4) is 0 Å². The van der Waals surface area contributed by atoms with Crippen LogP contribution in [0.2, 0.25) is 0 Å². The van der Waals surface area contributed by atoms with E-state index >= 15 is 0 Å². The lowest BCUT2D eigenvalue weighted by molar-refractivity contribution is 0.0837. The molecule has 1 aliphatic carbocycles. The summed E-state index contributed by atoms with van der Waals surface area (Å²) in [5, 5.41) is 1.16. The molecule has 1 atom stereocenters. The van der Waals surface area contributed by atoms with Crippen LogP contribution in [0.5, 0.6) is 0 Å². The average Bonchev–Trinajstić information content (AvgIpc) is 3.11. The molecule has 0 bridgehead atoms. The monoisotopic (exact) mass is 296 g/mol. The average molecular weight is 297 g/mol. The van der Waals surface area contributed by atoms with Gasteiger partial charge < -0.3 is 4.74 Å². The molecule has 1 saturated carbocycles. The van der Waals surface area contributed by atoms with Gasteiger partial charge in [0.15, 0.2) is 0 Å². The Morgan fingerprint density at radius 2 is 2.00 bits per heavy atom. The Morgan fingerprint density at radius 3 is 2.59 bits per heavy atom. The highest BCUT2D eigenvalue weighted by molar-refractivity contribution is 9.09. The Bertz CT molecular complexity index is 332. The van der Waals surface area contributed by atoms with Crippen LogP contribution in [-0.2, 0) is 11.3 Å². The summed E-state index contributed by atoms with van der Waals surface area (Å²) < 4.78 is 5.78. The van der Waals surface area contributed by atoms with Crippen LogP contribution in [0.1, 0.15) is 31.7 Å². The van der Waals surface area contributed by atoms with Crippen LogP contribution in [0.15, 0.2) is 30.3 Å². The van der Waals surface area contributed by atoms with E-state index in [1.807, 2.05) is 6.07 Å². The van der Waals surface area contributed by atoms with Crippen molar-refractivity contribution in [2.45, 2.75) is 32.8 Å². The summed E-state index contributed by atoms with van der Waals surface area (Å²) in [5.74, 6) is 0.666. The molecule has 0 aromatic heterocycles. The van der Waals surface area contributed by atoms with Gasteiger partial charge in [-0.3, -0.25) is 0 Å². The molecular formula is C15H21BrO. The van der Waals surface area contributed by atoms with E-state index in [2.05, 4.69) is 47.1 Å². The van der Waals surface area contributed by atoms with Crippen LogP contribution in [0.25, 0.3) is 0 Å². The summed E-state index contributed by atoms with van der Waals surface area (Å²) in [4.78, 5) is 0. The van der Waals surface area contributed by atoms with Crippen LogP contribution in [0, 0.1) is 11.3 Å². The molecule has 17 heavy (non-hydrogen) atoms. The second-order valence-electron chi connectivity index (χ2n) is 5.44. The lowest BCUT2D eigenvalue weighted by Gasteiger charge is -2.18. The maximum atomic E-state index is 5.78. The summed E-state index contributed by atoms with van der Waals surface area (Å²) in [5.41, 5.74) is 1.87. The summed E-state index contributed by atoms with van der Waals surface area (Å²) in [6.45, 7) is 3.92. The van der Waals surface area contributed by atoms with Crippen molar-refractivity contribution in [2.75, 3.05) is 11.9 Å². The second-order valence-corrected chi connectivity index (χ2v) is 6.00. The third-order valence-electron chi connectivity index (χ3n) is 3.54. The fourth-order valence-electron chi connectivity index (χ4n) is 2.32. The second kappa shape index (κ2) is 6.01. The summed E-state index contributed by atoms with van der Waals surface area (Å²) in [6, 6.07) is 10.4. The number of benzene rings is 1. The van der Waals surface area contributed by atoms with Crippen molar-refractivity contribution in [1.82, 2.24) is 0 Å². The highest BCUT2D eigenvalue weighted by atomic mass is 79.9. The first-order valence-corrected chi connectivity index (χ1v) is 7.54. The normalized spacial score (nSPS) is 18.9. The minimum atomic E-state index is 0.607. The molecule has 1 aromatic rings. The minimum Gasteiger partial charge on any atom is -0.376 e. The predicted octanol–water partition coefficient (Wildman–Crippen LogP) is 4.40. The molecule has 0 spiro atoms. The summed E-state index contributed by atoms with van der Waals surface area (Å²) in [6.07, 6.45) is 4.08. The molecule has 1 aliphatic rings. The van der Waals surface area contributed by atoms with Gasteiger partial charge in [0, 0.05) is 11.9 Å². The first kappa shape index (κ1) is 13.1. The molecular weight excluding hydrogens is 276 g/mol. The van der Waals surface area contributed by atoms with Gasteiger partial charge in [0.1, 0.15) is 0 Å². The van der Waals surface area contributed by atoms with Crippen LogP contribution in [0.4, 0.5) is 0 Å². The Labute approximate surface area is 113 Å². The molecule has 0 aliphatic heterocycles. The highest BCUT2D eigenvalue weighted by Gasteiger charge is 2.42. The summed E-state index contributed by atoms with van der Waals surface area (Å²) >= 11 is 3.63. The zero-order valence-corrected chi connectivity index (χ0v) is 12.1. The number of ether oxygens (including phenoxy) is 1. The molecule has 0 heterocycles. The maximum Gasteiger partial charge on any atom is 0.0717 e. The van der Waals surface area contributed by atoms with Gasteiger partial charge in [0.05, 0.1) is 6.61 Å². The highest BCUT2D eigenvalue weighted by Crippen LogP contribution is 2.51. The molecule has 94 valence electrons. The molecule has 2 heteroatoms. The largest absolute Gasteiger partial charge is 0.376 e. The topological polar surface area (TPSA) is 9.23 Å². The molecule has 1 unspecified atom stereocenters. The van der Waals surface area contributed by atoms with E-state index in [0.29, 0.717) is 11.3 Å². The Kier molecular flexibility index (Phi) is 4.63. The van der Waals surface area contributed by atoms with Crippen LogP contribution >= 0.6 is 15.9 Å². The first-order valence-electron chi connectivity index (χ1n) is 6.42. The van der Waals surface area contributed by atoms with E-state index in [1.54, 1.807) is 0 Å². The minimum absolute atomic E-state index is 0.607. The molecule has 1 fully saturated rings. The van der Waals surface area contributed by atoms with Crippen molar-refractivity contribution >= 4 is 15.9 Å². The molecule has 1 nitrogen and oxygen atoms in total. The third-order valence-corrected chi connectivity index (χ3v) is 4.73. The third kappa shape index (κ3) is 4.11. The van der Waals surface area contributed by atoms with E-state index in [0.717, 1.165) is 18.5 Å². The molecule has 0 radical (unpaired) electrons. The van der Waals surface area contributed by atoms with Crippen molar-refractivity contribution in [3.05, 3.63) is 35.9 Å². The van der Waals surface area contributed by atoms with Gasteiger partial charge in [-0.15, -0.1) is 0 Å². The van der Waals surface area contributed by atoms with Gasteiger partial charge in [0.25, 0.3) is 0 Å². The number of hydrogen-bond donors (Lipinski definition) is 0. The number of halogens is 1. The zero-order valence-electron chi connectivity index (χ0n) is 10.5. The van der Waals surface area contributed by atoms with E-state index in [4.69, 9.17) is 4.74 Å². The molecule has 1 aromatic carbocycles. The van der Waals surface area contributed by atoms with E-state index < -0.39 is 0 Å². The molecule has 0 N–H and O–H groups in total. The Morgan fingerprint density at radius 1 is 1.29 bits per heavy atom. The predicted molar refractivity (Wildman–Crippen MR) is 75.3 cm³/mol. The number of rotatable bonds is 7. The van der Waals surface area contributed by atoms with Gasteiger partial charge >= 0.3 is 0 Å². The van der Waals surface area contributed by atoms with Crippen molar-refractivity contribution < 1.29 is 4.74 Å². The van der Waals surface area contributed by atoms with Gasteiger partial charge in [-0.2, -0.15) is 0 Å². The van der Waals surface area contributed by atoms with Gasteiger partial charge in [-0.25, -0.2) is 0 Å². The fraction of sp³-hybridized carbons (Fsp3) is 0.600. The Hall–Kier alpha value is -0.340.